The highest BCUT2D eigenvalue weighted by Gasteiger charge is 2.34. The first-order valence-electron chi connectivity index (χ1n) is 26.4. The predicted molar refractivity (Wildman–Crippen MR) is 316 cm³/mol. The van der Waals surface area contributed by atoms with Gasteiger partial charge in [0.05, 0.1) is 0 Å². The number of aryl methyl sites for hydroxylation is 4. The second kappa shape index (κ2) is 16.4. The summed E-state index contributed by atoms with van der Waals surface area (Å²) in [6, 6.07) is 57.5. The van der Waals surface area contributed by atoms with Crippen LogP contribution in [0.25, 0.3) is 110 Å². The second-order valence-corrected chi connectivity index (χ2v) is 25.6. The fourth-order valence-electron chi connectivity index (χ4n) is 12.2. The van der Waals surface area contributed by atoms with Crippen molar-refractivity contribution in [1.82, 2.24) is 0 Å². The lowest BCUT2D eigenvalue weighted by molar-refractivity contribution is 0.568. The van der Waals surface area contributed by atoms with Gasteiger partial charge in [-0.15, -0.1) is 0 Å². The molecule has 0 bridgehead atoms. The highest BCUT2D eigenvalue weighted by atomic mass is 14.4. The van der Waals surface area contributed by atoms with Crippen molar-refractivity contribution in [2.75, 3.05) is 0 Å². The first-order chi connectivity index (χ1) is 33.9. The molecule has 0 N–H and O–H groups in total. The van der Waals surface area contributed by atoms with Crippen LogP contribution in [0.15, 0.2) is 146 Å². The highest BCUT2D eigenvalue weighted by Crippen LogP contribution is 2.60. The Morgan fingerprint density at radius 1 is 0.236 bits per heavy atom. The van der Waals surface area contributed by atoms with Crippen LogP contribution < -0.4 is 0 Å². The third-order valence-electron chi connectivity index (χ3n) is 16.3. The smallest absolute Gasteiger partial charge is 0.000719 e. The van der Waals surface area contributed by atoms with E-state index in [1.807, 2.05) is 0 Å². The molecule has 10 aromatic carbocycles. The van der Waals surface area contributed by atoms with Gasteiger partial charge in [-0.1, -0.05) is 210 Å². The minimum absolute atomic E-state index is 0.0630. The topological polar surface area (TPSA) is 0 Å². The molecule has 72 heavy (non-hydrogen) atoms. The zero-order valence-electron chi connectivity index (χ0n) is 45.9. The van der Waals surface area contributed by atoms with Crippen LogP contribution in [0.2, 0.25) is 0 Å². The molecule has 0 heteroatoms. The predicted octanol–water partition coefficient (Wildman–Crippen LogP) is 21.0. The van der Waals surface area contributed by atoms with Crippen molar-refractivity contribution in [2.45, 2.75) is 132 Å². The Hall–Kier alpha value is -6.76. The maximum absolute atomic E-state index is 2.60. The largest absolute Gasteiger partial charge is 0.0617 e. The Kier molecular flexibility index (Phi) is 10.8. The van der Waals surface area contributed by atoms with Gasteiger partial charge in [0.25, 0.3) is 0 Å². The van der Waals surface area contributed by atoms with Crippen LogP contribution in [0.5, 0.6) is 0 Å². The summed E-state index contributed by atoms with van der Waals surface area (Å²) in [4.78, 5) is 0. The molecular weight excluding hydrogens is 865 g/mol. The summed E-state index contributed by atoms with van der Waals surface area (Å²) in [7, 11) is 0. The van der Waals surface area contributed by atoms with E-state index in [1.54, 1.807) is 0 Å². The maximum Gasteiger partial charge on any atom is -0.000719 e. The lowest BCUT2D eigenvalue weighted by atomic mass is 9.75. The minimum atomic E-state index is -0.0654. The average Bonchev–Trinajstić information content (AvgIpc) is 3.63. The molecule has 11 rings (SSSR count). The molecule has 1 aliphatic rings. The molecule has 1 aliphatic carbocycles. The molecule has 0 heterocycles. The number of rotatable bonds is 4. The Labute approximate surface area is 430 Å². The Balaban J connectivity index is 1.40. The van der Waals surface area contributed by atoms with Crippen molar-refractivity contribution in [3.63, 3.8) is 0 Å². The van der Waals surface area contributed by atoms with E-state index in [0.717, 1.165) is 0 Å². The van der Waals surface area contributed by atoms with Gasteiger partial charge >= 0.3 is 0 Å². The molecule has 0 spiro atoms. The van der Waals surface area contributed by atoms with Gasteiger partial charge in [-0.3, -0.25) is 0 Å². The molecule has 0 saturated carbocycles. The van der Waals surface area contributed by atoms with Crippen LogP contribution in [0.3, 0.4) is 0 Å². The molecular formula is C72H72. The van der Waals surface area contributed by atoms with Crippen LogP contribution in [-0.2, 0) is 21.7 Å². The summed E-state index contributed by atoms with van der Waals surface area (Å²) in [5, 5.41) is 10.4. The molecule has 0 unspecified atom stereocenters. The first kappa shape index (κ1) is 47.6. The number of fused-ring (bicyclic) bond motifs is 8. The highest BCUT2D eigenvalue weighted by molar-refractivity contribution is 6.33. The van der Waals surface area contributed by atoms with Gasteiger partial charge in [0.15, 0.2) is 0 Å². The van der Waals surface area contributed by atoms with Gasteiger partial charge in [0.1, 0.15) is 0 Å². The summed E-state index contributed by atoms with van der Waals surface area (Å²) in [5.74, 6) is 0. The Morgan fingerprint density at radius 3 is 1.17 bits per heavy atom. The number of benzene rings is 10. The molecule has 0 nitrogen and oxygen atoms in total. The molecule has 360 valence electrons. The molecule has 0 aromatic heterocycles. The van der Waals surface area contributed by atoms with Crippen LogP contribution in [0, 0.1) is 27.7 Å². The van der Waals surface area contributed by atoms with Crippen LogP contribution in [0.4, 0.5) is 0 Å². The van der Waals surface area contributed by atoms with Gasteiger partial charge in [-0.2, -0.15) is 0 Å². The van der Waals surface area contributed by atoms with Gasteiger partial charge in [-0.25, -0.2) is 0 Å². The third kappa shape index (κ3) is 7.63. The monoisotopic (exact) mass is 937 g/mol. The van der Waals surface area contributed by atoms with E-state index in [4.69, 9.17) is 0 Å². The molecule has 10 aromatic rings. The first-order valence-corrected chi connectivity index (χ1v) is 26.4. The van der Waals surface area contributed by atoms with E-state index in [2.05, 4.69) is 256 Å². The lowest BCUT2D eigenvalue weighted by Gasteiger charge is -2.29. The van der Waals surface area contributed by atoms with Crippen molar-refractivity contribution in [2.24, 2.45) is 0 Å². The van der Waals surface area contributed by atoms with Crippen molar-refractivity contribution in [1.29, 1.82) is 0 Å². The van der Waals surface area contributed by atoms with Gasteiger partial charge < -0.3 is 0 Å². The fourth-order valence-corrected chi connectivity index (χ4v) is 12.2. The molecule has 0 fully saturated rings. The van der Waals surface area contributed by atoms with Gasteiger partial charge in [0.2, 0.25) is 0 Å². The van der Waals surface area contributed by atoms with Gasteiger partial charge in [0, 0.05) is 0 Å². The van der Waals surface area contributed by atoms with Crippen molar-refractivity contribution in [3.05, 3.63) is 190 Å². The van der Waals surface area contributed by atoms with Crippen molar-refractivity contribution < 1.29 is 0 Å². The van der Waals surface area contributed by atoms with E-state index < -0.39 is 0 Å². The van der Waals surface area contributed by atoms with Crippen molar-refractivity contribution >= 4 is 43.1 Å². The quantitative estimate of drug-likeness (QED) is 0.154. The van der Waals surface area contributed by atoms with Crippen LogP contribution in [0.1, 0.15) is 128 Å². The standard InChI is InChI=1S/C72H72/c1-41-22-19-23-42(2)62(41)45-30-31-55-59(36-45)65(47-34-50(71(11,12)13)38-51(35-47)72(14,15)16)67-56-29-21-28-54-58-39-60(63-43(3)24-20-25-44(63)4)53-27-18-17-26-52(53)57(58)40-61(66(54)56)68(67)64(55)46-32-48(69(5,6)7)37-49(33-46)70(8,9)10/h17-40H,1-16H3. The molecule has 0 atom stereocenters. The number of hydrogen-bond acceptors (Lipinski definition) is 0. The Bertz CT molecular complexity index is 3810. The average molecular weight is 937 g/mol. The van der Waals surface area contributed by atoms with Crippen LogP contribution >= 0.6 is 0 Å². The fraction of sp³-hybridized carbons (Fsp3) is 0.278. The van der Waals surface area contributed by atoms with Gasteiger partial charge in [-0.05, 0) is 222 Å². The van der Waals surface area contributed by atoms with Crippen LogP contribution in [-0.4, -0.2) is 0 Å². The molecule has 0 radical (unpaired) electrons. The number of hydrogen-bond donors (Lipinski definition) is 0. The summed E-state index contributed by atoms with van der Waals surface area (Å²) < 4.78 is 0. The summed E-state index contributed by atoms with van der Waals surface area (Å²) >= 11 is 0. The summed E-state index contributed by atoms with van der Waals surface area (Å²) in [6.45, 7) is 37.5. The molecule has 0 amide bonds. The molecule has 0 saturated heterocycles. The third-order valence-corrected chi connectivity index (χ3v) is 16.3. The summed E-state index contributed by atoms with van der Waals surface area (Å²) in [5.41, 5.74) is 26.2. The minimum Gasteiger partial charge on any atom is -0.0617 e. The van der Waals surface area contributed by atoms with E-state index >= 15 is 0 Å². The van der Waals surface area contributed by atoms with E-state index in [-0.39, 0.29) is 21.7 Å². The lowest BCUT2D eigenvalue weighted by Crippen LogP contribution is -2.17. The zero-order valence-corrected chi connectivity index (χ0v) is 45.9. The van der Waals surface area contributed by atoms with E-state index in [1.165, 1.54) is 154 Å². The normalized spacial score (nSPS) is 13.0. The van der Waals surface area contributed by atoms with E-state index in [0.29, 0.717) is 0 Å². The van der Waals surface area contributed by atoms with Crippen molar-refractivity contribution in [3.8, 4) is 66.8 Å². The summed E-state index contributed by atoms with van der Waals surface area (Å²) in [6.07, 6.45) is 0. The Morgan fingerprint density at radius 2 is 0.653 bits per heavy atom. The zero-order chi connectivity index (χ0) is 51.1. The van der Waals surface area contributed by atoms with E-state index in [9.17, 15) is 0 Å². The SMILES string of the molecule is Cc1cccc(C)c1-c1ccc2c(-c3cc(C(C)(C)C)cc(C(C)(C)C)c3)c3c(c(-c4cc(C(C)(C)C)cc(C(C)(C)C)c4)c2c1)-c1cccc2c1c-3cc1c3ccccc3c(-c3c(C)cccc3C)cc21. The second-order valence-electron chi connectivity index (χ2n) is 25.6. The molecule has 0 aliphatic heterocycles. The maximum atomic E-state index is 2.60.